The highest BCUT2D eigenvalue weighted by Gasteiger charge is 2.27. The van der Waals surface area contributed by atoms with Gasteiger partial charge < -0.3 is 11.1 Å². The first-order valence-electron chi connectivity index (χ1n) is 5.23. The third kappa shape index (κ3) is 4.22. The van der Waals surface area contributed by atoms with Crippen molar-refractivity contribution in [2.24, 2.45) is 11.1 Å². The Morgan fingerprint density at radius 2 is 2.06 bits per heavy atom. The number of amides is 1. The van der Waals surface area contributed by atoms with Gasteiger partial charge in [-0.2, -0.15) is 0 Å². The Bertz CT molecular complexity index is 429. The highest BCUT2D eigenvalue weighted by atomic mass is 127. The van der Waals surface area contributed by atoms with Crippen LogP contribution in [0.3, 0.4) is 0 Å². The summed E-state index contributed by atoms with van der Waals surface area (Å²) in [6, 6.07) is 5.20. The number of hydrogen-bond donors (Lipinski definition) is 2. The van der Waals surface area contributed by atoms with E-state index < -0.39 is 6.04 Å². The molecule has 1 amide bonds. The highest BCUT2D eigenvalue weighted by molar-refractivity contribution is 14.1. The molecule has 0 aliphatic carbocycles. The second kappa shape index (κ2) is 5.67. The van der Waals surface area contributed by atoms with Gasteiger partial charge >= 0.3 is 0 Å². The predicted molar refractivity (Wildman–Crippen MR) is 82.9 cm³/mol. The van der Waals surface area contributed by atoms with Gasteiger partial charge in [0.25, 0.3) is 0 Å². The van der Waals surface area contributed by atoms with Crippen molar-refractivity contribution in [2.75, 3.05) is 5.32 Å². The van der Waals surface area contributed by atoms with Crippen molar-refractivity contribution >= 4 is 50.1 Å². The zero-order valence-corrected chi connectivity index (χ0v) is 13.8. The number of carbonyl (C=O) groups excluding carboxylic acids is 1. The lowest BCUT2D eigenvalue weighted by Crippen LogP contribution is -2.45. The van der Waals surface area contributed by atoms with E-state index in [1.807, 2.05) is 39.0 Å². The molecule has 0 saturated heterocycles. The molecule has 17 heavy (non-hydrogen) atoms. The third-order valence-corrected chi connectivity index (χ3v) is 3.73. The number of carbonyl (C=O) groups is 1. The first-order chi connectivity index (χ1) is 7.71. The van der Waals surface area contributed by atoms with E-state index >= 15 is 0 Å². The van der Waals surface area contributed by atoms with E-state index in [0.717, 1.165) is 13.7 Å². The minimum absolute atomic E-state index is 0.167. The number of benzene rings is 1. The van der Waals surface area contributed by atoms with Gasteiger partial charge in [-0.25, -0.2) is 0 Å². The fourth-order valence-electron chi connectivity index (χ4n) is 1.19. The molecule has 3 N–H and O–H groups in total. The van der Waals surface area contributed by atoms with Crippen LogP contribution in [0.4, 0.5) is 5.69 Å². The average molecular weight is 411 g/mol. The lowest BCUT2D eigenvalue weighted by atomic mass is 9.87. The van der Waals surface area contributed by atoms with Gasteiger partial charge in [0.05, 0.1) is 11.7 Å². The lowest BCUT2D eigenvalue weighted by molar-refractivity contribution is -0.119. The average Bonchev–Trinajstić information content (AvgIpc) is 2.19. The quantitative estimate of drug-likeness (QED) is 0.734. The van der Waals surface area contributed by atoms with Crippen molar-refractivity contribution in [1.29, 1.82) is 0 Å². The van der Waals surface area contributed by atoms with E-state index in [-0.39, 0.29) is 11.3 Å². The van der Waals surface area contributed by atoms with Crippen LogP contribution in [-0.2, 0) is 4.79 Å². The molecule has 0 radical (unpaired) electrons. The van der Waals surface area contributed by atoms with E-state index in [4.69, 9.17) is 5.73 Å². The first kappa shape index (κ1) is 14.9. The Labute approximate surface area is 124 Å². The molecule has 1 aromatic carbocycles. The number of halogens is 2. The van der Waals surface area contributed by atoms with Gasteiger partial charge in [-0.1, -0.05) is 20.8 Å². The summed E-state index contributed by atoms with van der Waals surface area (Å²) in [7, 11) is 0. The molecular weight excluding hydrogens is 395 g/mol. The van der Waals surface area contributed by atoms with Crippen molar-refractivity contribution in [3.63, 3.8) is 0 Å². The van der Waals surface area contributed by atoms with Crippen LogP contribution < -0.4 is 11.1 Å². The fraction of sp³-hybridized carbons (Fsp3) is 0.417. The summed E-state index contributed by atoms with van der Waals surface area (Å²) in [5, 5.41) is 2.83. The van der Waals surface area contributed by atoms with Crippen LogP contribution in [0.5, 0.6) is 0 Å². The van der Waals surface area contributed by atoms with Crippen molar-refractivity contribution in [3.05, 3.63) is 26.2 Å². The Morgan fingerprint density at radius 3 is 2.53 bits per heavy atom. The van der Waals surface area contributed by atoms with Crippen LogP contribution in [0.1, 0.15) is 20.8 Å². The molecule has 0 bridgehead atoms. The molecule has 0 saturated carbocycles. The van der Waals surface area contributed by atoms with Crippen LogP contribution in [-0.4, -0.2) is 11.9 Å². The molecule has 5 heteroatoms. The smallest absolute Gasteiger partial charge is 0.241 e. The lowest BCUT2D eigenvalue weighted by Gasteiger charge is -2.26. The standard InChI is InChI=1S/C12H16BrIN2O/c1-12(2,3)10(15)11(17)16-9-5-4-7(14)6-8(9)13/h4-6,10H,15H2,1-3H3,(H,16,17)/t10-/m1/s1. The maximum absolute atomic E-state index is 11.9. The number of anilines is 1. The second-order valence-corrected chi connectivity index (χ2v) is 7.06. The minimum atomic E-state index is -0.534. The molecule has 0 spiro atoms. The van der Waals surface area contributed by atoms with Crippen LogP contribution in [0.2, 0.25) is 0 Å². The molecule has 1 aromatic rings. The van der Waals surface area contributed by atoms with Crippen LogP contribution in [0.25, 0.3) is 0 Å². The van der Waals surface area contributed by atoms with Crippen molar-refractivity contribution in [1.82, 2.24) is 0 Å². The number of rotatable bonds is 2. The number of nitrogens with two attached hydrogens (primary N) is 1. The molecule has 0 unspecified atom stereocenters. The summed E-state index contributed by atoms with van der Waals surface area (Å²) in [5.74, 6) is -0.167. The van der Waals surface area contributed by atoms with E-state index in [2.05, 4.69) is 43.8 Å². The Hall–Kier alpha value is -0.140. The third-order valence-electron chi connectivity index (χ3n) is 2.40. The van der Waals surface area contributed by atoms with Crippen LogP contribution in [0, 0.1) is 8.99 Å². The summed E-state index contributed by atoms with van der Waals surface area (Å²) in [4.78, 5) is 11.9. The molecule has 0 fully saturated rings. The van der Waals surface area contributed by atoms with Gasteiger partial charge in [0.1, 0.15) is 0 Å². The summed E-state index contributed by atoms with van der Waals surface area (Å²) >= 11 is 5.63. The molecule has 3 nitrogen and oxygen atoms in total. The largest absolute Gasteiger partial charge is 0.324 e. The Kier molecular flexibility index (Phi) is 4.97. The summed E-state index contributed by atoms with van der Waals surface area (Å²) in [6.45, 7) is 5.83. The van der Waals surface area contributed by atoms with Crippen LogP contribution >= 0.6 is 38.5 Å². The zero-order chi connectivity index (χ0) is 13.2. The molecule has 94 valence electrons. The van der Waals surface area contributed by atoms with Crippen molar-refractivity contribution in [3.8, 4) is 0 Å². The number of hydrogen-bond acceptors (Lipinski definition) is 2. The molecule has 0 aliphatic heterocycles. The van der Waals surface area contributed by atoms with E-state index in [1.165, 1.54) is 0 Å². The number of nitrogens with one attached hydrogen (secondary N) is 1. The molecule has 0 aliphatic rings. The van der Waals surface area contributed by atoms with E-state index in [9.17, 15) is 4.79 Å². The highest BCUT2D eigenvalue weighted by Crippen LogP contribution is 2.25. The first-order valence-corrected chi connectivity index (χ1v) is 7.10. The minimum Gasteiger partial charge on any atom is -0.324 e. The Morgan fingerprint density at radius 1 is 1.47 bits per heavy atom. The van der Waals surface area contributed by atoms with Crippen molar-refractivity contribution in [2.45, 2.75) is 26.8 Å². The van der Waals surface area contributed by atoms with E-state index in [1.54, 1.807) is 0 Å². The topological polar surface area (TPSA) is 55.1 Å². The van der Waals surface area contributed by atoms with Gasteiger partial charge in [0.2, 0.25) is 5.91 Å². The Balaban J connectivity index is 2.82. The van der Waals surface area contributed by atoms with Gasteiger partial charge in [-0.15, -0.1) is 0 Å². The van der Waals surface area contributed by atoms with Crippen LogP contribution in [0.15, 0.2) is 22.7 Å². The zero-order valence-electron chi connectivity index (χ0n) is 10.1. The normalized spacial score (nSPS) is 13.3. The molecule has 1 atom stereocenters. The van der Waals surface area contributed by atoms with Gasteiger partial charge in [-0.05, 0) is 62.1 Å². The van der Waals surface area contributed by atoms with E-state index in [0.29, 0.717) is 0 Å². The summed E-state index contributed by atoms with van der Waals surface area (Å²) in [6.07, 6.45) is 0. The molecular formula is C12H16BrIN2O. The molecule has 1 rings (SSSR count). The summed E-state index contributed by atoms with van der Waals surface area (Å²) in [5.41, 5.74) is 6.39. The summed E-state index contributed by atoms with van der Waals surface area (Å²) < 4.78 is 1.96. The SMILES string of the molecule is CC(C)(C)[C@H](N)C(=O)Nc1ccc(I)cc1Br. The monoisotopic (exact) mass is 410 g/mol. The second-order valence-electron chi connectivity index (χ2n) is 4.96. The predicted octanol–water partition coefficient (Wildman–Crippen LogP) is 3.37. The van der Waals surface area contributed by atoms with Crippen molar-refractivity contribution < 1.29 is 4.79 Å². The maximum atomic E-state index is 11.9. The van der Waals surface area contributed by atoms with Gasteiger partial charge in [-0.3, -0.25) is 4.79 Å². The van der Waals surface area contributed by atoms with Gasteiger partial charge in [0, 0.05) is 8.04 Å². The fourth-order valence-corrected chi connectivity index (χ4v) is 2.59. The van der Waals surface area contributed by atoms with Gasteiger partial charge in [0.15, 0.2) is 0 Å². The maximum Gasteiger partial charge on any atom is 0.241 e. The molecule has 0 aromatic heterocycles. The molecule has 0 heterocycles.